The van der Waals surface area contributed by atoms with Crippen LogP contribution in [0.2, 0.25) is 0 Å². The summed E-state index contributed by atoms with van der Waals surface area (Å²) >= 11 is 0. The molecule has 0 radical (unpaired) electrons. The first-order chi connectivity index (χ1) is 13.2. The molecule has 0 aliphatic carbocycles. The number of hydrogen-bond donors (Lipinski definition) is 3. The van der Waals surface area contributed by atoms with Crippen LogP contribution >= 0.6 is 0 Å². The van der Waals surface area contributed by atoms with E-state index in [4.69, 9.17) is 4.74 Å². The summed E-state index contributed by atoms with van der Waals surface area (Å²) < 4.78 is 32.1. The van der Waals surface area contributed by atoms with Crippen LogP contribution in [-0.2, 0) is 9.53 Å². The topological polar surface area (TPSA) is 92.3 Å². The molecule has 150 valence electrons. The molecule has 0 fully saturated rings. The van der Waals surface area contributed by atoms with E-state index in [0.29, 0.717) is 23.3 Å². The number of nitrogens with one attached hydrogen (secondary N) is 3. The van der Waals surface area contributed by atoms with Gasteiger partial charge in [0, 0.05) is 12.6 Å². The summed E-state index contributed by atoms with van der Waals surface area (Å²) in [4.78, 5) is 26.8. The molecule has 1 unspecified atom stereocenters. The molecule has 1 atom stereocenters. The normalized spacial score (nSPS) is 12.0. The predicted octanol–water partition coefficient (Wildman–Crippen LogP) is 3.61. The van der Waals surface area contributed by atoms with Gasteiger partial charge in [-0.15, -0.1) is 0 Å². The Bertz CT molecular complexity index is 840. The predicted molar refractivity (Wildman–Crippen MR) is 102 cm³/mol. The first-order valence-corrected chi connectivity index (χ1v) is 8.52. The van der Waals surface area contributed by atoms with Crippen LogP contribution < -0.4 is 16.0 Å². The number of nitrogens with zero attached hydrogens (tertiary/aromatic N) is 1. The van der Waals surface area contributed by atoms with E-state index >= 15 is 0 Å². The number of pyridine rings is 1. The maximum Gasteiger partial charge on any atom is 0.408 e. The average molecular weight is 392 g/mol. The number of halogens is 2. The molecule has 9 heteroatoms. The monoisotopic (exact) mass is 392 g/mol. The van der Waals surface area contributed by atoms with Crippen molar-refractivity contribution in [3.63, 3.8) is 0 Å². The number of aromatic nitrogens is 1. The van der Waals surface area contributed by atoms with Gasteiger partial charge in [0.25, 0.3) is 0 Å². The van der Waals surface area contributed by atoms with Gasteiger partial charge in [0.15, 0.2) is 0 Å². The largest absolute Gasteiger partial charge is 0.444 e. The number of benzene rings is 1. The number of carbonyl (C=O) groups excluding carboxylic acids is 2. The number of amides is 1. The van der Waals surface area contributed by atoms with E-state index in [0.717, 1.165) is 6.20 Å². The summed E-state index contributed by atoms with van der Waals surface area (Å²) in [5, 5.41) is 8.23. The molecule has 3 N–H and O–H groups in total. The zero-order valence-corrected chi connectivity index (χ0v) is 15.8. The molecule has 1 aromatic carbocycles. The van der Waals surface area contributed by atoms with Crippen molar-refractivity contribution < 1.29 is 23.1 Å². The van der Waals surface area contributed by atoms with Gasteiger partial charge in [-0.2, -0.15) is 0 Å². The van der Waals surface area contributed by atoms with Crippen LogP contribution in [0.4, 0.5) is 30.6 Å². The Labute approximate surface area is 161 Å². The quantitative estimate of drug-likeness (QED) is 0.624. The fourth-order valence-electron chi connectivity index (χ4n) is 2.22. The first-order valence-electron chi connectivity index (χ1n) is 8.52. The minimum absolute atomic E-state index is 0.0116. The van der Waals surface area contributed by atoms with Gasteiger partial charge in [-0.05, 0) is 39.0 Å². The summed E-state index contributed by atoms with van der Waals surface area (Å²) in [6.07, 6.45) is 2.27. The Morgan fingerprint density at radius 2 is 1.93 bits per heavy atom. The van der Waals surface area contributed by atoms with Crippen molar-refractivity contribution in [3.05, 3.63) is 48.3 Å². The van der Waals surface area contributed by atoms with Gasteiger partial charge in [-0.3, -0.25) is 4.98 Å². The van der Waals surface area contributed by atoms with Crippen molar-refractivity contribution >= 4 is 29.4 Å². The average Bonchev–Trinajstić information content (AvgIpc) is 2.59. The third kappa shape index (κ3) is 6.82. The van der Waals surface area contributed by atoms with Crippen LogP contribution in [0.25, 0.3) is 0 Å². The van der Waals surface area contributed by atoms with Crippen LogP contribution in [0.15, 0.2) is 36.7 Å². The van der Waals surface area contributed by atoms with Gasteiger partial charge in [0.05, 0.1) is 29.5 Å². The van der Waals surface area contributed by atoms with Crippen LogP contribution in [0.5, 0.6) is 0 Å². The second kappa shape index (κ2) is 9.12. The lowest BCUT2D eigenvalue weighted by Gasteiger charge is -2.22. The highest BCUT2D eigenvalue weighted by Crippen LogP contribution is 2.26. The van der Waals surface area contributed by atoms with Crippen molar-refractivity contribution in [2.75, 3.05) is 17.2 Å². The Kier molecular flexibility index (Phi) is 6.86. The molecule has 1 aromatic heterocycles. The van der Waals surface area contributed by atoms with Gasteiger partial charge in [-0.1, -0.05) is 0 Å². The number of rotatable bonds is 7. The fraction of sp³-hybridized carbons (Fsp3) is 0.316. The molecule has 0 saturated carbocycles. The molecule has 28 heavy (non-hydrogen) atoms. The number of alkyl carbamates (subject to hydrolysis) is 1. The zero-order chi connectivity index (χ0) is 20.7. The Balaban J connectivity index is 2.06. The van der Waals surface area contributed by atoms with Crippen LogP contribution in [0.3, 0.4) is 0 Å². The molecule has 1 heterocycles. The molecule has 7 nitrogen and oxygen atoms in total. The third-order valence-corrected chi connectivity index (χ3v) is 3.34. The molecule has 1 amide bonds. The second-order valence-corrected chi connectivity index (χ2v) is 6.98. The maximum atomic E-state index is 13.7. The zero-order valence-electron chi connectivity index (χ0n) is 15.8. The van der Waals surface area contributed by atoms with E-state index in [2.05, 4.69) is 20.9 Å². The van der Waals surface area contributed by atoms with Gasteiger partial charge in [0.1, 0.15) is 29.6 Å². The lowest BCUT2D eigenvalue weighted by Crippen LogP contribution is -2.43. The molecule has 0 aliphatic rings. The van der Waals surface area contributed by atoms with Gasteiger partial charge >= 0.3 is 6.09 Å². The van der Waals surface area contributed by atoms with Crippen molar-refractivity contribution in [3.8, 4) is 0 Å². The number of carbonyl (C=O) groups is 2. The van der Waals surface area contributed by atoms with Gasteiger partial charge in [-0.25, -0.2) is 13.6 Å². The van der Waals surface area contributed by atoms with Gasteiger partial charge < -0.3 is 25.5 Å². The van der Waals surface area contributed by atoms with Crippen LogP contribution in [0.1, 0.15) is 20.8 Å². The van der Waals surface area contributed by atoms with E-state index < -0.39 is 29.4 Å². The number of anilines is 3. The fourth-order valence-corrected chi connectivity index (χ4v) is 2.22. The van der Waals surface area contributed by atoms with E-state index in [1.54, 1.807) is 20.8 Å². The molecular weight excluding hydrogens is 370 g/mol. The molecule has 0 saturated heterocycles. The Hall–Kier alpha value is -3.23. The third-order valence-electron chi connectivity index (χ3n) is 3.34. The van der Waals surface area contributed by atoms with E-state index in [9.17, 15) is 18.4 Å². The molecule has 2 rings (SSSR count). The lowest BCUT2D eigenvalue weighted by molar-refractivity contribution is -0.109. The van der Waals surface area contributed by atoms with Gasteiger partial charge in [0.2, 0.25) is 0 Å². The highest BCUT2D eigenvalue weighted by atomic mass is 19.1. The molecule has 0 aliphatic heterocycles. The smallest absolute Gasteiger partial charge is 0.408 e. The highest BCUT2D eigenvalue weighted by molar-refractivity contribution is 5.76. The van der Waals surface area contributed by atoms with Crippen molar-refractivity contribution in [2.24, 2.45) is 0 Å². The van der Waals surface area contributed by atoms with Crippen molar-refractivity contribution in [1.29, 1.82) is 0 Å². The van der Waals surface area contributed by atoms with Crippen LogP contribution in [-0.4, -0.2) is 35.6 Å². The SMILES string of the molecule is CC(C)(C)OC(=O)NC(C=O)CNc1cc(F)ccc1Nc1cncc(F)c1. The summed E-state index contributed by atoms with van der Waals surface area (Å²) in [6.45, 7) is 5.09. The highest BCUT2D eigenvalue weighted by Gasteiger charge is 2.19. The minimum atomic E-state index is -0.901. The summed E-state index contributed by atoms with van der Waals surface area (Å²) in [5.41, 5.74) is 0.426. The Morgan fingerprint density at radius 1 is 1.18 bits per heavy atom. The van der Waals surface area contributed by atoms with E-state index in [1.807, 2.05) is 0 Å². The maximum absolute atomic E-state index is 13.7. The Morgan fingerprint density at radius 3 is 2.57 bits per heavy atom. The summed E-state index contributed by atoms with van der Waals surface area (Å²) in [5.74, 6) is -1.03. The lowest BCUT2D eigenvalue weighted by atomic mass is 10.2. The van der Waals surface area contributed by atoms with E-state index in [-0.39, 0.29) is 6.54 Å². The second-order valence-electron chi connectivity index (χ2n) is 6.98. The standard InChI is InChI=1S/C19H22F2N4O3/c1-19(2,3)28-18(27)25-15(11-26)10-23-17-7-12(20)4-5-16(17)24-14-6-13(21)8-22-9-14/h4-9,11,15,23-24H,10H2,1-3H3,(H,25,27). The van der Waals surface area contributed by atoms with Crippen LogP contribution in [0, 0.1) is 11.6 Å². The number of ether oxygens (including phenoxy) is 1. The number of aldehydes is 1. The van der Waals surface area contributed by atoms with Crippen molar-refractivity contribution in [1.82, 2.24) is 10.3 Å². The number of hydrogen-bond acceptors (Lipinski definition) is 6. The summed E-state index contributed by atoms with van der Waals surface area (Å²) in [6, 6.07) is 4.24. The minimum Gasteiger partial charge on any atom is -0.444 e. The van der Waals surface area contributed by atoms with E-state index in [1.165, 1.54) is 30.5 Å². The summed E-state index contributed by atoms with van der Waals surface area (Å²) in [7, 11) is 0. The molecule has 0 spiro atoms. The molecule has 0 bridgehead atoms. The first kappa shape index (κ1) is 21.1. The van der Waals surface area contributed by atoms with Crippen molar-refractivity contribution in [2.45, 2.75) is 32.4 Å². The molecule has 2 aromatic rings. The molecular formula is C19H22F2N4O3.